The highest BCUT2D eigenvalue weighted by Crippen LogP contribution is 2.18. The number of benzene rings is 2. The normalized spacial score (nSPS) is 10.0. The van der Waals surface area contributed by atoms with Crippen molar-refractivity contribution in [2.75, 3.05) is 19.5 Å². The highest BCUT2D eigenvalue weighted by Gasteiger charge is 2.11. The van der Waals surface area contributed by atoms with Crippen LogP contribution in [-0.2, 0) is 4.84 Å². The first-order valence-corrected chi connectivity index (χ1v) is 5.95. The van der Waals surface area contributed by atoms with Gasteiger partial charge >= 0.3 is 0 Å². The quantitative estimate of drug-likeness (QED) is 0.855. The summed E-state index contributed by atoms with van der Waals surface area (Å²) in [4.78, 5) is 16.8. The Kier molecular flexibility index (Phi) is 4.15. The molecule has 0 bridgehead atoms. The van der Waals surface area contributed by atoms with Gasteiger partial charge in [-0.3, -0.25) is 9.63 Å². The summed E-state index contributed by atoms with van der Waals surface area (Å²) < 4.78 is 0. The first-order valence-electron chi connectivity index (χ1n) is 5.95. The van der Waals surface area contributed by atoms with Crippen molar-refractivity contribution in [2.45, 2.75) is 0 Å². The van der Waals surface area contributed by atoms with Crippen molar-refractivity contribution in [3.8, 4) is 0 Å². The number of carbonyl (C=O) groups excluding carboxylic acids is 1. The zero-order valence-corrected chi connectivity index (χ0v) is 11.0. The van der Waals surface area contributed by atoms with E-state index in [4.69, 9.17) is 4.84 Å². The third-order valence-corrected chi connectivity index (χ3v) is 2.73. The van der Waals surface area contributed by atoms with Crippen LogP contribution in [0.4, 0.5) is 11.4 Å². The Balaban J connectivity index is 2.18. The maximum atomic E-state index is 12.0. The molecule has 0 spiro atoms. The lowest BCUT2D eigenvalue weighted by Crippen LogP contribution is -2.25. The van der Waals surface area contributed by atoms with Gasteiger partial charge in [0.2, 0.25) is 0 Å². The van der Waals surface area contributed by atoms with Gasteiger partial charge in [-0.25, -0.2) is 5.06 Å². The summed E-state index contributed by atoms with van der Waals surface area (Å²) in [5, 5.41) is 4.44. The summed E-state index contributed by atoms with van der Waals surface area (Å²) >= 11 is 0. The van der Waals surface area contributed by atoms with E-state index in [0.29, 0.717) is 5.56 Å². The maximum absolute atomic E-state index is 12.0. The van der Waals surface area contributed by atoms with Crippen LogP contribution >= 0.6 is 0 Å². The Morgan fingerprint density at radius 2 is 1.74 bits per heavy atom. The van der Waals surface area contributed by atoms with E-state index in [1.54, 1.807) is 19.2 Å². The second-order valence-corrected chi connectivity index (χ2v) is 4.06. The topological polar surface area (TPSA) is 41.6 Å². The van der Waals surface area contributed by atoms with E-state index >= 15 is 0 Å². The van der Waals surface area contributed by atoms with E-state index < -0.39 is 0 Å². The fraction of sp³-hybridized carbons (Fsp3) is 0.133. The van der Waals surface area contributed by atoms with Crippen molar-refractivity contribution in [1.29, 1.82) is 0 Å². The molecule has 0 heterocycles. The van der Waals surface area contributed by atoms with Gasteiger partial charge in [-0.2, -0.15) is 0 Å². The summed E-state index contributed by atoms with van der Waals surface area (Å²) in [7, 11) is 3.05. The van der Waals surface area contributed by atoms with E-state index in [-0.39, 0.29) is 5.91 Å². The molecule has 0 aliphatic rings. The van der Waals surface area contributed by atoms with Gasteiger partial charge in [0, 0.05) is 24.0 Å². The molecule has 0 aliphatic heterocycles. The molecular weight excluding hydrogens is 240 g/mol. The number of anilines is 2. The van der Waals surface area contributed by atoms with Crippen molar-refractivity contribution in [2.24, 2.45) is 0 Å². The Labute approximate surface area is 112 Å². The van der Waals surface area contributed by atoms with Crippen LogP contribution in [0.1, 0.15) is 10.4 Å². The lowest BCUT2D eigenvalue weighted by atomic mass is 10.2. The monoisotopic (exact) mass is 256 g/mol. The predicted molar refractivity (Wildman–Crippen MR) is 75.3 cm³/mol. The number of nitrogens with zero attached hydrogens (tertiary/aromatic N) is 1. The number of rotatable bonds is 4. The maximum Gasteiger partial charge on any atom is 0.277 e. The van der Waals surface area contributed by atoms with E-state index in [9.17, 15) is 4.79 Å². The van der Waals surface area contributed by atoms with Gasteiger partial charge < -0.3 is 5.32 Å². The van der Waals surface area contributed by atoms with Gasteiger partial charge in [0.25, 0.3) is 5.91 Å². The molecule has 1 N–H and O–H groups in total. The fourth-order valence-electron chi connectivity index (χ4n) is 1.68. The predicted octanol–water partition coefficient (Wildman–Crippen LogP) is 3.06. The second-order valence-electron chi connectivity index (χ2n) is 4.06. The minimum absolute atomic E-state index is 0.181. The van der Waals surface area contributed by atoms with E-state index in [2.05, 4.69) is 5.32 Å². The third kappa shape index (κ3) is 3.33. The summed E-state index contributed by atoms with van der Waals surface area (Å²) in [6.07, 6.45) is 0. The number of amides is 1. The van der Waals surface area contributed by atoms with E-state index in [1.807, 2.05) is 42.5 Å². The van der Waals surface area contributed by atoms with Gasteiger partial charge in [0.1, 0.15) is 0 Å². The number of para-hydroxylation sites is 1. The summed E-state index contributed by atoms with van der Waals surface area (Å²) in [6.45, 7) is 0. The molecule has 2 aromatic carbocycles. The van der Waals surface area contributed by atoms with Gasteiger partial charge in [-0.05, 0) is 30.3 Å². The van der Waals surface area contributed by atoms with Gasteiger partial charge in [0.05, 0.1) is 7.11 Å². The molecule has 4 nitrogen and oxygen atoms in total. The first kappa shape index (κ1) is 13.1. The summed E-state index contributed by atoms with van der Waals surface area (Å²) in [5.41, 5.74) is 2.42. The van der Waals surface area contributed by atoms with Crippen LogP contribution in [0.2, 0.25) is 0 Å². The van der Waals surface area contributed by atoms with Crippen LogP contribution in [0.3, 0.4) is 0 Å². The highest BCUT2D eigenvalue weighted by molar-refractivity contribution is 5.94. The molecule has 0 saturated heterocycles. The molecule has 0 unspecified atom stereocenters. The van der Waals surface area contributed by atoms with Crippen LogP contribution in [0, 0.1) is 0 Å². The first-order chi connectivity index (χ1) is 9.20. The zero-order chi connectivity index (χ0) is 13.7. The molecule has 2 rings (SSSR count). The number of hydroxylamine groups is 2. The SMILES string of the molecule is CON(C)C(=O)c1cccc(Nc2ccccc2)c1. The molecule has 0 radical (unpaired) electrons. The van der Waals surface area contributed by atoms with Crippen LogP contribution in [0.15, 0.2) is 54.6 Å². The Bertz CT molecular complexity index is 555. The second kappa shape index (κ2) is 6.02. The van der Waals surface area contributed by atoms with Crippen molar-refractivity contribution in [3.63, 3.8) is 0 Å². The fourth-order valence-corrected chi connectivity index (χ4v) is 1.68. The average Bonchev–Trinajstić information content (AvgIpc) is 2.47. The largest absolute Gasteiger partial charge is 0.356 e. The van der Waals surface area contributed by atoms with Crippen molar-refractivity contribution in [3.05, 3.63) is 60.2 Å². The minimum atomic E-state index is -0.181. The number of hydrogen-bond acceptors (Lipinski definition) is 3. The number of hydrogen-bond donors (Lipinski definition) is 1. The Morgan fingerprint density at radius 3 is 2.42 bits per heavy atom. The zero-order valence-electron chi connectivity index (χ0n) is 11.0. The molecule has 0 fully saturated rings. The Morgan fingerprint density at radius 1 is 1.05 bits per heavy atom. The summed E-state index contributed by atoms with van der Waals surface area (Å²) in [5.74, 6) is -0.181. The summed E-state index contributed by atoms with van der Waals surface area (Å²) in [6, 6.07) is 17.1. The smallest absolute Gasteiger partial charge is 0.277 e. The molecule has 0 atom stereocenters. The molecule has 4 heteroatoms. The molecule has 0 saturated carbocycles. The highest BCUT2D eigenvalue weighted by atomic mass is 16.7. The molecule has 0 aromatic heterocycles. The standard InChI is InChI=1S/C15H16N2O2/c1-17(19-2)15(18)12-7-6-10-14(11-12)16-13-8-4-3-5-9-13/h3-11,16H,1-2H3. The molecule has 19 heavy (non-hydrogen) atoms. The van der Waals surface area contributed by atoms with Gasteiger partial charge in [-0.1, -0.05) is 24.3 Å². The van der Waals surface area contributed by atoms with Crippen molar-refractivity contribution < 1.29 is 9.63 Å². The third-order valence-electron chi connectivity index (χ3n) is 2.73. The lowest BCUT2D eigenvalue weighted by Gasteiger charge is -2.14. The van der Waals surface area contributed by atoms with E-state index in [0.717, 1.165) is 11.4 Å². The van der Waals surface area contributed by atoms with Gasteiger partial charge in [0.15, 0.2) is 0 Å². The van der Waals surface area contributed by atoms with Crippen molar-refractivity contribution in [1.82, 2.24) is 5.06 Å². The lowest BCUT2D eigenvalue weighted by molar-refractivity contribution is -0.0756. The Hall–Kier alpha value is -2.33. The van der Waals surface area contributed by atoms with Gasteiger partial charge in [-0.15, -0.1) is 0 Å². The molecule has 0 aliphatic carbocycles. The van der Waals surface area contributed by atoms with Crippen LogP contribution < -0.4 is 5.32 Å². The molecule has 2 aromatic rings. The number of carbonyl (C=O) groups is 1. The molecule has 98 valence electrons. The minimum Gasteiger partial charge on any atom is -0.356 e. The molecule has 1 amide bonds. The van der Waals surface area contributed by atoms with Crippen LogP contribution in [-0.4, -0.2) is 25.1 Å². The van der Waals surface area contributed by atoms with E-state index in [1.165, 1.54) is 12.2 Å². The molecular formula is C15H16N2O2. The average molecular weight is 256 g/mol. The van der Waals surface area contributed by atoms with Crippen LogP contribution in [0.5, 0.6) is 0 Å². The number of nitrogens with one attached hydrogen (secondary N) is 1. The van der Waals surface area contributed by atoms with Crippen molar-refractivity contribution >= 4 is 17.3 Å². The van der Waals surface area contributed by atoms with Crippen LogP contribution in [0.25, 0.3) is 0 Å².